The maximum atomic E-state index is 11.5. The molecule has 21 heavy (non-hydrogen) atoms. The van der Waals surface area contributed by atoms with Crippen LogP contribution >= 0.6 is 11.3 Å². The fourth-order valence-electron chi connectivity index (χ4n) is 2.82. The molecule has 0 unspecified atom stereocenters. The lowest BCUT2D eigenvalue weighted by molar-refractivity contribution is 0.0700. The minimum atomic E-state index is -0.840. The number of aromatic carboxylic acids is 1. The molecular weight excluding hydrogens is 284 g/mol. The van der Waals surface area contributed by atoms with Crippen LogP contribution in [0.15, 0.2) is 30.3 Å². The van der Waals surface area contributed by atoms with Crippen molar-refractivity contribution < 1.29 is 9.90 Å². The average Bonchev–Trinajstić information content (AvgIpc) is 3.17. The van der Waals surface area contributed by atoms with Gasteiger partial charge >= 0.3 is 5.97 Å². The molecule has 1 N–H and O–H groups in total. The lowest BCUT2D eigenvalue weighted by atomic mass is 10.1. The molecule has 2 aromatic heterocycles. The van der Waals surface area contributed by atoms with E-state index < -0.39 is 5.97 Å². The third-order valence-electron chi connectivity index (χ3n) is 3.95. The molecular formula is C16H14N2O2S. The molecule has 0 amide bonds. The zero-order valence-electron chi connectivity index (χ0n) is 11.5. The van der Waals surface area contributed by atoms with E-state index in [2.05, 4.69) is 4.98 Å². The Labute approximate surface area is 125 Å². The quantitative estimate of drug-likeness (QED) is 0.796. The van der Waals surface area contributed by atoms with E-state index in [1.54, 1.807) is 0 Å². The molecule has 1 aliphatic rings. The van der Waals surface area contributed by atoms with E-state index >= 15 is 0 Å². The van der Waals surface area contributed by atoms with Gasteiger partial charge in [0, 0.05) is 17.2 Å². The first kappa shape index (κ1) is 12.6. The number of hydrogen-bond donors (Lipinski definition) is 1. The first-order valence-electron chi connectivity index (χ1n) is 6.97. The highest BCUT2D eigenvalue weighted by molar-refractivity contribution is 7.19. The number of carbonyl (C=O) groups is 1. The zero-order valence-corrected chi connectivity index (χ0v) is 12.4. The molecule has 0 atom stereocenters. The van der Waals surface area contributed by atoms with Crippen LogP contribution in [0.5, 0.6) is 0 Å². The summed E-state index contributed by atoms with van der Waals surface area (Å²) < 4.78 is 2.05. The molecule has 1 aromatic carbocycles. The van der Waals surface area contributed by atoms with Crippen molar-refractivity contribution in [3.63, 3.8) is 0 Å². The van der Waals surface area contributed by atoms with Crippen molar-refractivity contribution in [2.75, 3.05) is 0 Å². The minimum Gasteiger partial charge on any atom is -0.477 e. The summed E-state index contributed by atoms with van der Waals surface area (Å²) in [5, 5.41) is 9.41. The average molecular weight is 298 g/mol. The highest BCUT2D eigenvalue weighted by Gasteiger charge is 2.34. The first-order chi connectivity index (χ1) is 10.2. The van der Waals surface area contributed by atoms with Gasteiger partial charge in [0.1, 0.15) is 4.88 Å². The molecule has 0 radical (unpaired) electrons. The number of imidazole rings is 1. The largest absolute Gasteiger partial charge is 0.477 e. The van der Waals surface area contributed by atoms with Gasteiger partial charge in [-0.25, -0.2) is 9.78 Å². The van der Waals surface area contributed by atoms with Crippen molar-refractivity contribution in [2.45, 2.75) is 25.7 Å². The Bertz CT molecular complexity index is 844. The van der Waals surface area contributed by atoms with Crippen LogP contribution in [-0.4, -0.2) is 20.5 Å². The molecule has 4 rings (SSSR count). The molecule has 0 aliphatic heterocycles. The van der Waals surface area contributed by atoms with Gasteiger partial charge in [0.05, 0.1) is 11.4 Å². The summed E-state index contributed by atoms with van der Waals surface area (Å²) in [4.78, 5) is 17.4. The number of hydrogen-bond acceptors (Lipinski definition) is 3. The second-order valence-electron chi connectivity index (χ2n) is 5.43. The maximum Gasteiger partial charge on any atom is 0.347 e. The van der Waals surface area contributed by atoms with Gasteiger partial charge in [-0.05, 0) is 19.8 Å². The van der Waals surface area contributed by atoms with E-state index in [-0.39, 0.29) is 0 Å². The van der Waals surface area contributed by atoms with Crippen LogP contribution in [0.25, 0.3) is 16.2 Å². The normalized spacial score (nSPS) is 14.7. The summed E-state index contributed by atoms with van der Waals surface area (Å²) in [6.07, 6.45) is 2.15. The van der Waals surface area contributed by atoms with Crippen LogP contribution < -0.4 is 0 Å². The molecule has 106 valence electrons. The molecule has 1 fully saturated rings. The second kappa shape index (κ2) is 4.43. The van der Waals surface area contributed by atoms with E-state index in [0.717, 1.165) is 40.4 Å². The van der Waals surface area contributed by atoms with Crippen molar-refractivity contribution in [3.05, 3.63) is 46.6 Å². The van der Waals surface area contributed by atoms with Gasteiger partial charge in [-0.1, -0.05) is 41.7 Å². The predicted octanol–water partition coefficient (Wildman–Crippen LogP) is 3.95. The minimum absolute atomic E-state index is 0.376. The predicted molar refractivity (Wildman–Crippen MR) is 82.2 cm³/mol. The second-order valence-corrected chi connectivity index (χ2v) is 6.40. The Balaban J connectivity index is 1.98. The number of aryl methyl sites for hydroxylation is 1. The zero-order chi connectivity index (χ0) is 14.6. The van der Waals surface area contributed by atoms with Crippen molar-refractivity contribution in [3.8, 4) is 11.3 Å². The third-order valence-corrected chi connectivity index (χ3v) is 4.99. The molecule has 5 heteroatoms. The third kappa shape index (κ3) is 1.88. The maximum absolute atomic E-state index is 11.5. The number of fused-ring (bicyclic) bond motifs is 1. The van der Waals surface area contributed by atoms with Crippen LogP contribution in [0.1, 0.15) is 39.8 Å². The van der Waals surface area contributed by atoms with E-state index in [9.17, 15) is 9.90 Å². The Morgan fingerprint density at radius 1 is 1.33 bits per heavy atom. The van der Waals surface area contributed by atoms with Crippen LogP contribution in [0.4, 0.5) is 0 Å². The van der Waals surface area contributed by atoms with Gasteiger partial charge in [-0.15, -0.1) is 0 Å². The number of thiazole rings is 1. The molecule has 0 saturated heterocycles. The standard InChI is InChI=1S/C16H14N2O2S/c1-9-12(10-5-3-2-4-6-10)17-16-18(9)13(11-7-8-11)14(21-16)15(19)20/h2-6,11H,7-8H2,1H3,(H,19,20). The number of nitrogens with zero attached hydrogens (tertiary/aromatic N) is 2. The van der Waals surface area contributed by atoms with Gasteiger partial charge in [0.2, 0.25) is 0 Å². The number of benzene rings is 1. The van der Waals surface area contributed by atoms with Gasteiger partial charge in [0.25, 0.3) is 0 Å². The first-order valence-corrected chi connectivity index (χ1v) is 7.79. The summed E-state index contributed by atoms with van der Waals surface area (Å²) in [6.45, 7) is 2.02. The molecule has 1 saturated carbocycles. The Hall–Kier alpha value is -2.14. The molecule has 0 spiro atoms. The summed E-state index contributed by atoms with van der Waals surface area (Å²) >= 11 is 1.28. The lowest BCUT2D eigenvalue weighted by Crippen LogP contribution is -2.01. The number of carboxylic acids is 1. The fourth-order valence-corrected chi connectivity index (χ4v) is 3.92. The Morgan fingerprint density at radius 3 is 2.67 bits per heavy atom. The summed E-state index contributed by atoms with van der Waals surface area (Å²) in [6, 6.07) is 10.0. The molecule has 3 aromatic rings. The smallest absolute Gasteiger partial charge is 0.347 e. The molecule has 0 bridgehead atoms. The van der Waals surface area contributed by atoms with Crippen molar-refractivity contribution in [1.82, 2.24) is 9.38 Å². The molecule has 2 heterocycles. The number of aromatic nitrogens is 2. The van der Waals surface area contributed by atoms with Gasteiger partial charge < -0.3 is 5.11 Å². The lowest BCUT2D eigenvalue weighted by Gasteiger charge is -2.03. The van der Waals surface area contributed by atoms with Gasteiger partial charge in [0.15, 0.2) is 4.96 Å². The van der Waals surface area contributed by atoms with Crippen molar-refractivity contribution in [2.24, 2.45) is 0 Å². The molecule has 4 nitrogen and oxygen atoms in total. The van der Waals surface area contributed by atoms with E-state index in [0.29, 0.717) is 10.8 Å². The van der Waals surface area contributed by atoms with Crippen LogP contribution in [-0.2, 0) is 0 Å². The number of carboxylic acid groups (broad SMARTS) is 1. The van der Waals surface area contributed by atoms with Crippen LogP contribution in [0, 0.1) is 6.92 Å². The van der Waals surface area contributed by atoms with E-state index in [1.165, 1.54) is 11.3 Å². The topological polar surface area (TPSA) is 54.6 Å². The highest BCUT2D eigenvalue weighted by Crippen LogP contribution is 2.45. The summed E-state index contributed by atoms with van der Waals surface area (Å²) in [7, 11) is 0. The van der Waals surface area contributed by atoms with Gasteiger partial charge in [-0.2, -0.15) is 0 Å². The van der Waals surface area contributed by atoms with E-state index in [1.807, 2.05) is 41.7 Å². The fraction of sp³-hybridized carbons (Fsp3) is 0.250. The monoisotopic (exact) mass is 298 g/mol. The Morgan fingerprint density at radius 2 is 2.05 bits per heavy atom. The van der Waals surface area contributed by atoms with E-state index in [4.69, 9.17) is 0 Å². The summed E-state index contributed by atoms with van der Waals surface area (Å²) in [5.74, 6) is -0.463. The Kier molecular flexibility index (Phi) is 2.65. The molecule has 1 aliphatic carbocycles. The van der Waals surface area contributed by atoms with Crippen LogP contribution in [0.2, 0.25) is 0 Å². The van der Waals surface area contributed by atoms with Crippen molar-refractivity contribution in [1.29, 1.82) is 0 Å². The SMILES string of the molecule is Cc1c(-c2ccccc2)nc2sc(C(=O)O)c(C3CC3)n12. The summed E-state index contributed by atoms with van der Waals surface area (Å²) in [5.41, 5.74) is 3.99. The highest BCUT2D eigenvalue weighted by atomic mass is 32.1. The van der Waals surface area contributed by atoms with Crippen molar-refractivity contribution >= 4 is 22.3 Å². The number of rotatable bonds is 3. The van der Waals surface area contributed by atoms with Crippen LogP contribution in [0.3, 0.4) is 0 Å². The van der Waals surface area contributed by atoms with Gasteiger partial charge in [-0.3, -0.25) is 4.40 Å².